The molecule has 1 aliphatic carbocycles. The van der Waals surface area contributed by atoms with Crippen molar-refractivity contribution in [1.29, 1.82) is 0 Å². The van der Waals surface area contributed by atoms with Gasteiger partial charge in [-0.3, -0.25) is 4.90 Å². The molecule has 1 saturated carbocycles. The lowest BCUT2D eigenvalue weighted by atomic mass is 9.84. The van der Waals surface area contributed by atoms with Crippen LogP contribution in [0.1, 0.15) is 57.8 Å². The van der Waals surface area contributed by atoms with E-state index >= 15 is 0 Å². The number of nitrogens with zero attached hydrogens (tertiary/aromatic N) is 1. The summed E-state index contributed by atoms with van der Waals surface area (Å²) in [5.74, 6) is 0. The second-order valence-corrected chi connectivity index (χ2v) is 6.03. The lowest BCUT2D eigenvalue weighted by Gasteiger charge is -2.46. The molecule has 2 aliphatic rings. The van der Waals surface area contributed by atoms with E-state index in [0.717, 1.165) is 51.6 Å². The van der Waals surface area contributed by atoms with E-state index in [1.807, 2.05) is 0 Å². The molecule has 0 spiro atoms. The summed E-state index contributed by atoms with van der Waals surface area (Å²) in [6.07, 6.45) is 1.14. The van der Waals surface area contributed by atoms with E-state index in [0.29, 0.717) is 0 Å². The summed E-state index contributed by atoms with van der Waals surface area (Å²) < 4.78 is 37.0. The smallest absolute Gasteiger partial charge is 0.389 e. The Hall–Kier alpha value is -0.290. The van der Waals surface area contributed by atoms with Crippen molar-refractivity contribution in [2.24, 2.45) is 0 Å². The van der Waals surface area contributed by atoms with Gasteiger partial charge in [0.05, 0.1) is 6.10 Å². The normalized spacial score (nSPS) is 26.5. The molecule has 19 heavy (non-hydrogen) atoms. The Morgan fingerprint density at radius 2 is 1.58 bits per heavy atom. The molecule has 5 heteroatoms. The van der Waals surface area contributed by atoms with Gasteiger partial charge in [0.1, 0.15) is 0 Å². The monoisotopic (exact) mass is 279 g/mol. The van der Waals surface area contributed by atoms with Crippen LogP contribution in [0.3, 0.4) is 0 Å². The highest BCUT2D eigenvalue weighted by atomic mass is 19.4. The van der Waals surface area contributed by atoms with Gasteiger partial charge < -0.3 is 5.11 Å². The third kappa shape index (κ3) is 3.63. The second-order valence-electron chi connectivity index (χ2n) is 6.03. The van der Waals surface area contributed by atoms with Crippen LogP contribution in [0.25, 0.3) is 0 Å². The van der Waals surface area contributed by atoms with Gasteiger partial charge in [-0.2, -0.15) is 13.2 Å². The van der Waals surface area contributed by atoms with E-state index in [-0.39, 0.29) is 12.0 Å². The van der Waals surface area contributed by atoms with Crippen LogP contribution >= 0.6 is 0 Å². The standard InChI is InChI=1S/C14H24F3NO/c15-14(16,17)9-6-12(19)13(7-2-3-8-13)18-10-4-1-5-11-18/h12,19H,1-11H2. The van der Waals surface area contributed by atoms with Crippen molar-refractivity contribution < 1.29 is 18.3 Å². The van der Waals surface area contributed by atoms with Crippen LogP contribution < -0.4 is 0 Å². The number of halogens is 3. The molecule has 2 nitrogen and oxygen atoms in total. The number of alkyl halides is 3. The quantitative estimate of drug-likeness (QED) is 0.851. The third-order valence-corrected chi connectivity index (χ3v) is 4.78. The molecule has 1 aliphatic heterocycles. The average molecular weight is 279 g/mol. The van der Waals surface area contributed by atoms with Gasteiger partial charge >= 0.3 is 6.18 Å². The van der Waals surface area contributed by atoms with Gasteiger partial charge in [-0.25, -0.2) is 0 Å². The SMILES string of the molecule is OC(CCC(F)(F)F)C1(N2CCCCC2)CCCC1. The van der Waals surface area contributed by atoms with E-state index in [1.165, 1.54) is 6.42 Å². The molecule has 112 valence electrons. The van der Waals surface area contributed by atoms with Gasteiger partial charge in [-0.15, -0.1) is 0 Å². The first-order valence-corrected chi connectivity index (χ1v) is 7.44. The summed E-state index contributed by atoms with van der Waals surface area (Å²) >= 11 is 0. The summed E-state index contributed by atoms with van der Waals surface area (Å²) in [5, 5.41) is 10.4. The number of hydrogen-bond donors (Lipinski definition) is 1. The molecular weight excluding hydrogens is 255 g/mol. The predicted octanol–water partition coefficient (Wildman–Crippen LogP) is 3.49. The molecule has 1 saturated heterocycles. The van der Waals surface area contributed by atoms with E-state index in [2.05, 4.69) is 4.90 Å². The molecular formula is C14H24F3NO. The minimum Gasteiger partial charge on any atom is -0.391 e. The molecule has 1 heterocycles. The Balaban J connectivity index is 2.01. The van der Waals surface area contributed by atoms with Gasteiger partial charge in [-0.05, 0) is 45.2 Å². The topological polar surface area (TPSA) is 23.5 Å². The van der Waals surface area contributed by atoms with Crippen molar-refractivity contribution in [2.75, 3.05) is 13.1 Å². The van der Waals surface area contributed by atoms with Crippen molar-refractivity contribution in [3.05, 3.63) is 0 Å². The first kappa shape index (κ1) is 15.1. The Morgan fingerprint density at radius 1 is 1.00 bits per heavy atom. The summed E-state index contributed by atoms with van der Waals surface area (Å²) in [7, 11) is 0. The van der Waals surface area contributed by atoms with Crippen LogP contribution in [0.2, 0.25) is 0 Å². The van der Waals surface area contributed by atoms with Gasteiger partial charge in [0, 0.05) is 12.0 Å². The molecule has 0 aromatic heterocycles. The summed E-state index contributed by atoms with van der Waals surface area (Å²) in [4.78, 5) is 2.28. The zero-order valence-corrected chi connectivity index (χ0v) is 11.4. The number of aliphatic hydroxyl groups is 1. The van der Waals surface area contributed by atoms with Crippen LogP contribution in [0.4, 0.5) is 13.2 Å². The van der Waals surface area contributed by atoms with E-state index < -0.39 is 18.7 Å². The highest BCUT2D eigenvalue weighted by Gasteiger charge is 2.46. The highest BCUT2D eigenvalue weighted by Crippen LogP contribution is 2.41. The van der Waals surface area contributed by atoms with Gasteiger partial charge in [0.15, 0.2) is 0 Å². The maximum absolute atomic E-state index is 12.3. The number of rotatable bonds is 4. The zero-order valence-electron chi connectivity index (χ0n) is 11.4. The van der Waals surface area contributed by atoms with Crippen LogP contribution in [0.5, 0.6) is 0 Å². The van der Waals surface area contributed by atoms with Crippen LogP contribution in [-0.4, -0.2) is 40.9 Å². The van der Waals surface area contributed by atoms with Gasteiger partial charge in [0.25, 0.3) is 0 Å². The molecule has 1 N–H and O–H groups in total. The molecule has 1 unspecified atom stereocenters. The fourth-order valence-corrected chi connectivity index (χ4v) is 3.76. The van der Waals surface area contributed by atoms with Crippen LogP contribution in [0, 0.1) is 0 Å². The number of hydrogen-bond acceptors (Lipinski definition) is 2. The maximum atomic E-state index is 12.3. The van der Waals surface area contributed by atoms with Gasteiger partial charge in [-0.1, -0.05) is 19.3 Å². The maximum Gasteiger partial charge on any atom is 0.389 e. The fourth-order valence-electron chi connectivity index (χ4n) is 3.76. The molecule has 0 aromatic rings. The molecule has 0 aromatic carbocycles. The van der Waals surface area contributed by atoms with Crippen LogP contribution in [-0.2, 0) is 0 Å². The average Bonchev–Trinajstić information content (AvgIpc) is 2.87. The number of aliphatic hydroxyl groups excluding tert-OH is 1. The molecule has 0 radical (unpaired) electrons. The lowest BCUT2D eigenvalue weighted by molar-refractivity contribution is -0.146. The Bertz CT molecular complexity index is 281. The van der Waals surface area contributed by atoms with Crippen molar-refractivity contribution in [2.45, 2.75) is 75.6 Å². The molecule has 2 fully saturated rings. The second kappa shape index (κ2) is 6.00. The molecule has 1 atom stereocenters. The molecule has 0 amide bonds. The Morgan fingerprint density at radius 3 is 2.11 bits per heavy atom. The zero-order chi connectivity index (χ0) is 13.9. The first-order valence-electron chi connectivity index (χ1n) is 7.44. The highest BCUT2D eigenvalue weighted by molar-refractivity contribution is 5.01. The minimum absolute atomic E-state index is 0.153. The first-order chi connectivity index (χ1) is 8.94. The van der Waals surface area contributed by atoms with E-state index in [1.54, 1.807) is 0 Å². The van der Waals surface area contributed by atoms with Gasteiger partial charge in [0.2, 0.25) is 0 Å². The Kier molecular flexibility index (Phi) is 4.77. The summed E-state index contributed by atoms with van der Waals surface area (Å²) in [5.41, 5.74) is -0.369. The van der Waals surface area contributed by atoms with E-state index in [4.69, 9.17) is 0 Å². The van der Waals surface area contributed by atoms with Crippen molar-refractivity contribution >= 4 is 0 Å². The summed E-state index contributed by atoms with van der Waals surface area (Å²) in [6.45, 7) is 1.87. The lowest BCUT2D eigenvalue weighted by Crippen LogP contribution is -2.56. The predicted molar refractivity (Wildman–Crippen MR) is 67.9 cm³/mol. The molecule has 0 bridgehead atoms. The number of piperidine rings is 1. The minimum atomic E-state index is -4.16. The van der Waals surface area contributed by atoms with Crippen molar-refractivity contribution in [3.8, 4) is 0 Å². The largest absolute Gasteiger partial charge is 0.391 e. The van der Waals surface area contributed by atoms with Crippen molar-refractivity contribution in [1.82, 2.24) is 4.90 Å². The van der Waals surface area contributed by atoms with Crippen LogP contribution in [0.15, 0.2) is 0 Å². The van der Waals surface area contributed by atoms with E-state index in [9.17, 15) is 18.3 Å². The summed E-state index contributed by atoms with van der Waals surface area (Å²) in [6, 6.07) is 0. The fraction of sp³-hybridized carbons (Fsp3) is 1.00. The van der Waals surface area contributed by atoms with Crippen molar-refractivity contribution in [3.63, 3.8) is 0 Å². The number of likely N-dealkylation sites (tertiary alicyclic amines) is 1. The Labute approximate surface area is 113 Å². The third-order valence-electron chi connectivity index (χ3n) is 4.78. The molecule has 2 rings (SSSR count).